The van der Waals surface area contributed by atoms with Gasteiger partial charge >= 0.3 is 0 Å². The summed E-state index contributed by atoms with van der Waals surface area (Å²) in [6.07, 6.45) is 2.60. The molecule has 1 atom stereocenters. The summed E-state index contributed by atoms with van der Waals surface area (Å²) in [5, 5.41) is 5.87. The number of carbonyl (C=O) groups excluding carboxylic acids is 1. The van der Waals surface area contributed by atoms with Crippen LogP contribution < -0.4 is 5.32 Å². The predicted molar refractivity (Wildman–Crippen MR) is 74.6 cm³/mol. The maximum absolute atomic E-state index is 12.0. The molecule has 0 radical (unpaired) electrons. The van der Waals surface area contributed by atoms with Crippen LogP contribution in [0.3, 0.4) is 0 Å². The van der Waals surface area contributed by atoms with Crippen LogP contribution in [0.15, 0.2) is 27.5 Å². The first kappa shape index (κ1) is 12.7. The van der Waals surface area contributed by atoms with Gasteiger partial charge in [-0.3, -0.25) is 4.79 Å². The minimum Gasteiger partial charge on any atom is -0.342 e. The summed E-state index contributed by atoms with van der Waals surface area (Å²) in [6.45, 7) is 2.04. The van der Waals surface area contributed by atoms with E-state index in [9.17, 15) is 4.79 Å². The van der Waals surface area contributed by atoms with Crippen LogP contribution in [0.2, 0.25) is 0 Å². The van der Waals surface area contributed by atoms with Gasteiger partial charge in [-0.2, -0.15) is 0 Å². The number of nitrogens with one attached hydrogen (secondary N) is 1. The molecule has 0 bridgehead atoms. The second-order valence-corrected chi connectivity index (χ2v) is 6.80. The molecule has 17 heavy (non-hydrogen) atoms. The van der Waals surface area contributed by atoms with Crippen LogP contribution >= 0.6 is 38.6 Å². The van der Waals surface area contributed by atoms with Gasteiger partial charge in [0, 0.05) is 11.6 Å². The number of nitrogens with zero attached hydrogens (tertiary/aromatic N) is 1. The minimum absolute atomic E-state index is 0.00313. The molecule has 0 aliphatic rings. The number of carbonyl (C=O) groups is 1. The van der Waals surface area contributed by atoms with Crippen LogP contribution in [-0.2, 0) is 0 Å². The molecule has 0 aromatic carbocycles. The monoisotopic (exact) mass is 330 g/mol. The Balaban J connectivity index is 2.07. The zero-order valence-electron chi connectivity index (χ0n) is 9.14. The maximum Gasteiger partial charge on any atom is 0.261 e. The Bertz CT molecular complexity index is 495. The average molecular weight is 331 g/mol. The van der Waals surface area contributed by atoms with Gasteiger partial charge in [0.1, 0.15) is 5.01 Å². The van der Waals surface area contributed by atoms with Crippen molar-refractivity contribution in [3.8, 4) is 0 Å². The molecule has 0 saturated heterocycles. The largest absolute Gasteiger partial charge is 0.342 e. The van der Waals surface area contributed by atoms with Crippen molar-refractivity contribution in [2.24, 2.45) is 0 Å². The third kappa shape index (κ3) is 3.14. The average Bonchev–Trinajstić information content (AvgIpc) is 2.96. The van der Waals surface area contributed by atoms with Crippen molar-refractivity contribution in [3.63, 3.8) is 0 Å². The number of halogens is 1. The predicted octanol–water partition coefficient (Wildman–Crippen LogP) is 3.85. The zero-order chi connectivity index (χ0) is 12.3. The van der Waals surface area contributed by atoms with Gasteiger partial charge in [0.25, 0.3) is 5.91 Å². The molecule has 0 aliphatic carbocycles. The molecular weight excluding hydrogens is 320 g/mol. The van der Waals surface area contributed by atoms with E-state index in [4.69, 9.17) is 0 Å². The minimum atomic E-state index is -0.0391. The molecule has 0 aliphatic heterocycles. The molecule has 1 amide bonds. The van der Waals surface area contributed by atoms with Gasteiger partial charge in [0.05, 0.1) is 14.7 Å². The summed E-state index contributed by atoms with van der Waals surface area (Å²) < 4.78 is 0.963. The lowest BCUT2D eigenvalue weighted by molar-refractivity contribution is 0.0939. The number of rotatable bonds is 4. The second-order valence-electron chi connectivity index (χ2n) is 3.41. The summed E-state index contributed by atoms with van der Waals surface area (Å²) in [7, 11) is 0. The number of amides is 1. The summed E-state index contributed by atoms with van der Waals surface area (Å²) in [6, 6.07) is 3.70. The molecule has 6 heteroatoms. The molecule has 2 heterocycles. The Morgan fingerprint density at radius 1 is 1.59 bits per heavy atom. The van der Waals surface area contributed by atoms with Gasteiger partial charge in [-0.25, -0.2) is 4.98 Å². The van der Waals surface area contributed by atoms with Crippen LogP contribution in [0.25, 0.3) is 0 Å². The fraction of sp³-hybridized carbons (Fsp3) is 0.273. The highest BCUT2D eigenvalue weighted by Crippen LogP contribution is 2.24. The van der Waals surface area contributed by atoms with Gasteiger partial charge < -0.3 is 5.32 Å². The molecule has 0 saturated carbocycles. The standard InChI is InChI=1S/C11H11BrN2OS2/c1-2-7(11-13-5-6-16-11)14-10(15)8-3-4-9(12)17-8/h3-7H,2H2,1H3,(H,14,15). The molecule has 1 unspecified atom stereocenters. The van der Waals surface area contributed by atoms with Gasteiger partial charge in [0.15, 0.2) is 0 Å². The molecule has 3 nitrogen and oxygen atoms in total. The molecule has 0 spiro atoms. The summed E-state index contributed by atoms with van der Waals surface area (Å²) >= 11 is 6.35. The number of hydrogen-bond donors (Lipinski definition) is 1. The normalized spacial score (nSPS) is 12.4. The van der Waals surface area contributed by atoms with E-state index in [-0.39, 0.29) is 11.9 Å². The highest BCUT2D eigenvalue weighted by Gasteiger charge is 2.17. The lowest BCUT2D eigenvalue weighted by Crippen LogP contribution is -2.27. The van der Waals surface area contributed by atoms with E-state index in [1.54, 1.807) is 17.5 Å². The molecule has 1 N–H and O–H groups in total. The van der Waals surface area contributed by atoms with E-state index in [1.807, 2.05) is 24.4 Å². The zero-order valence-corrected chi connectivity index (χ0v) is 12.4. The fourth-order valence-corrected chi connectivity index (χ4v) is 3.47. The van der Waals surface area contributed by atoms with Crippen molar-refractivity contribution in [1.82, 2.24) is 10.3 Å². The van der Waals surface area contributed by atoms with E-state index in [2.05, 4.69) is 26.2 Å². The molecule has 2 aromatic heterocycles. The van der Waals surface area contributed by atoms with Gasteiger partial charge in [-0.1, -0.05) is 6.92 Å². The Hall–Kier alpha value is -0.720. The topological polar surface area (TPSA) is 42.0 Å². The van der Waals surface area contributed by atoms with Crippen LogP contribution in [-0.4, -0.2) is 10.9 Å². The van der Waals surface area contributed by atoms with Crippen LogP contribution in [0.4, 0.5) is 0 Å². The molecule has 2 rings (SSSR count). The molecule has 2 aromatic rings. The Morgan fingerprint density at radius 3 is 2.94 bits per heavy atom. The van der Waals surface area contributed by atoms with Crippen molar-refractivity contribution >= 4 is 44.5 Å². The van der Waals surface area contributed by atoms with Gasteiger partial charge in [-0.15, -0.1) is 22.7 Å². The number of aromatic nitrogens is 1. The van der Waals surface area contributed by atoms with Crippen molar-refractivity contribution in [3.05, 3.63) is 37.4 Å². The Kier molecular flexibility index (Phi) is 4.31. The van der Waals surface area contributed by atoms with E-state index in [1.165, 1.54) is 11.3 Å². The SMILES string of the molecule is CCC(NC(=O)c1ccc(Br)s1)c1nccs1. The Labute approximate surface area is 116 Å². The van der Waals surface area contributed by atoms with Crippen molar-refractivity contribution in [2.75, 3.05) is 0 Å². The Morgan fingerprint density at radius 2 is 2.41 bits per heavy atom. The third-order valence-corrected chi connectivity index (χ3v) is 4.77. The summed E-state index contributed by atoms with van der Waals surface area (Å²) in [5.74, 6) is -0.0391. The highest BCUT2D eigenvalue weighted by molar-refractivity contribution is 9.11. The number of hydrogen-bond acceptors (Lipinski definition) is 4. The van der Waals surface area contributed by atoms with Crippen molar-refractivity contribution < 1.29 is 4.79 Å². The number of thiazole rings is 1. The lowest BCUT2D eigenvalue weighted by Gasteiger charge is -2.13. The smallest absolute Gasteiger partial charge is 0.261 e. The van der Waals surface area contributed by atoms with Crippen LogP contribution in [0, 0.1) is 0 Å². The molecule has 90 valence electrons. The first-order chi connectivity index (χ1) is 8.20. The quantitative estimate of drug-likeness (QED) is 0.925. The van der Waals surface area contributed by atoms with Crippen molar-refractivity contribution in [1.29, 1.82) is 0 Å². The second kappa shape index (κ2) is 5.75. The van der Waals surface area contributed by atoms with E-state index < -0.39 is 0 Å². The summed E-state index contributed by atoms with van der Waals surface area (Å²) in [4.78, 5) is 16.9. The first-order valence-electron chi connectivity index (χ1n) is 5.16. The van der Waals surface area contributed by atoms with E-state index >= 15 is 0 Å². The van der Waals surface area contributed by atoms with Gasteiger partial charge in [0.2, 0.25) is 0 Å². The highest BCUT2D eigenvalue weighted by atomic mass is 79.9. The lowest BCUT2D eigenvalue weighted by atomic mass is 10.2. The molecular formula is C11H11BrN2OS2. The van der Waals surface area contributed by atoms with Crippen LogP contribution in [0.5, 0.6) is 0 Å². The number of thiophene rings is 1. The van der Waals surface area contributed by atoms with Crippen LogP contribution in [0.1, 0.15) is 34.1 Å². The van der Waals surface area contributed by atoms with Gasteiger partial charge in [-0.05, 0) is 34.5 Å². The van der Waals surface area contributed by atoms with E-state index in [0.717, 1.165) is 15.2 Å². The maximum atomic E-state index is 12.0. The summed E-state index contributed by atoms with van der Waals surface area (Å²) in [5.41, 5.74) is 0. The third-order valence-electron chi connectivity index (χ3n) is 2.26. The fourth-order valence-electron chi connectivity index (χ4n) is 1.41. The van der Waals surface area contributed by atoms with E-state index in [0.29, 0.717) is 4.88 Å². The molecule has 0 fully saturated rings. The van der Waals surface area contributed by atoms with Crippen molar-refractivity contribution in [2.45, 2.75) is 19.4 Å². The first-order valence-corrected chi connectivity index (χ1v) is 7.65.